The minimum atomic E-state index is -0.153. The van der Waals surface area contributed by atoms with Gasteiger partial charge in [-0.15, -0.1) is 10.2 Å². The Bertz CT molecular complexity index is 741. The monoisotopic (exact) mass is 327 g/mol. The molecule has 0 spiro atoms. The number of aliphatic hydroxyl groups is 1. The van der Waals surface area contributed by atoms with Gasteiger partial charge in [-0.1, -0.05) is 25.1 Å². The number of carbonyl (C=O) groups is 1. The molecule has 0 saturated carbocycles. The molecule has 0 radical (unpaired) electrons. The van der Waals surface area contributed by atoms with E-state index in [1.807, 2.05) is 29.2 Å². The summed E-state index contributed by atoms with van der Waals surface area (Å²) in [5.41, 5.74) is 1.13. The van der Waals surface area contributed by atoms with Crippen molar-refractivity contribution in [2.24, 2.45) is 5.41 Å². The fourth-order valence-electron chi connectivity index (χ4n) is 4.54. The first-order valence-corrected chi connectivity index (χ1v) is 8.46. The number of aromatic amines is 1. The molecule has 7 nitrogen and oxygen atoms in total. The van der Waals surface area contributed by atoms with Crippen LogP contribution in [0.2, 0.25) is 0 Å². The molecule has 3 atom stereocenters. The Morgan fingerprint density at radius 2 is 2.25 bits per heavy atom. The van der Waals surface area contributed by atoms with Crippen molar-refractivity contribution in [3.8, 4) is 11.4 Å². The molecule has 3 heterocycles. The molecule has 2 N–H and O–H groups in total. The van der Waals surface area contributed by atoms with Crippen LogP contribution in [-0.4, -0.2) is 55.2 Å². The van der Waals surface area contributed by atoms with Crippen molar-refractivity contribution >= 4 is 5.91 Å². The molecule has 24 heavy (non-hydrogen) atoms. The number of aliphatic hydroxyl groups excluding tert-OH is 1. The topological polar surface area (TPSA) is 95.0 Å². The molecule has 0 unspecified atom stereocenters. The summed E-state index contributed by atoms with van der Waals surface area (Å²) in [6, 6.07) is 7.71. The zero-order valence-electron chi connectivity index (χ0n) is 13.6. The van der Waals surface area contributed by atoms with Crippen molar-refractivity contribution in [2.45, 2.75) is 44.7 Å². The zero-order chi connectivity index (χ0) is 16.7. The Morgan fingerprint density at radius 1 is 1.42 bits per heavy atom. The third-order valence-corrected chi connectivity index (χ3v) is 5.85. The van der Waals surface area contributed by atoms with Crippen LogP contribution in [0.5, 0.6) is 0 Å². The molecule has 2 aromatic rings. The van der Waals surface area contributed by atoms with Gasteiger partial charge in [0.05, 0.1) is 12.2 Å². The highest BCUT2D eigenvalue weighted by atomic mass is 16.3. The number of hydrogen-bond donors (Lipinski definition) is 2. The van der Waals surface area contributed by atoms with Crippen LogP contribution in [-0.2, 0) is 0 Å². The largest absolute Gasteiger partial charge is 0.396 e. The molecule has 1 aromatic heterocycles. The van der Waals surface area contributed by atoms with Gasteiger partial charge in [-0.05, 0) is 37.0 Å². The maximum atomic E-state index is 13.3. The van der Waals surface area contributed by atoms with E-state index in [1.165, 1.54) is 0 Å². The summed E-state index contributed by atoms with van der Waals surface area (Å²) in [4.78, 5) is 15.3. The SMILES string of the molecule is CC[C@]1(CO)C[C@H]2CC[C@@H]1N2C(=O)c1ccccc1-c1nn[nH]n1. The number of H-pyrrole nitrogens is 1. The smallest absolute Gasteiger partial charge is 0.255 e. The second-order valence-electron chi connectivity index (χ2n) is 6.82. The van der Waals surface area contributed by atoms with Crippen molar-refractivity contribution < 1.29 is 9.90 Å². The summed E-state index contributed by atoms with van der Waals surface area (Å²) in [5.74, 6) is 0.432. The lowest BCUT2D eigenvalue weighted by atomic mass is 9.72. The minimum absolute atomic E-state index is 0.00618. The van der Waals surface area contributed by atoms with Gasteiger partial charge >= 0.3 is 0 Å². The Hall–Kier alpha value is -2.28. The van der Waals surface area contributed by atoms with Crippen molar-refractivity contribution in [2.75, 3.05) is 6.61 Å². The molecule has 2 fully saturated rings. The number of tetrazole rings is 1. The summed E-state index contributed by atoms with van der Waals surface area (Å²) in [6.45, 7) is 2.24. The van der Waals surface area contributed by atoms with Gasteiger partial charge in [0, 0.05) is 23.1 Å². The number of aromatic nitrogens is 4. The highest BCUT2D eigenvalue weighted by Gasteiger charge is 2.56. The number of nitrogens with one attached hydrogen (secondary N) is 1. The van der Waals surface area contributed by atoms with E-state index < -0.39 is 0 Å². The zero-order valence-corrected chi connectivity index (χ0v) is 13.6. The number of carbonyl (C=O) groups excluding carboxylic acids is 1. The van der Waals surface area contributed by atoms with Crippen LogP contribution in [0.1, 0.15) is 43.0 Å². The first-order valence-electron chi connectivity index (χ1n) is 8.46. The maximum absolute atomic E-state index is 13.3. The van der Waals surface area contributed by atoms with Gasteiger partial charge in [0.25, 0.3) is 5.91 Å². The van der Waals surface area contributed by atoms with Gasteiger partial charge in [-0.3, -0.25) is 4.79 Å². The molecule has 1 aromatic carbocycles. The van der Waals surface area contributed by atoms with Crippen molar-refractivity contribution in [1.29, 1.82) is 0 Å². The van der Waals surface area contributed by atoms with Gasteiger partial charge in [0.1, 0.15) is 0 Å². The first-order chi connectivity index (χ1) is 11.7. The molecule has 1 amide bonds. The highest BCUT2D eigenvalue weighted by molar-refractivity contribution is 6.00. The molecule has 2 saturated heterocycles. The van der Waals surface area contributed by atoms with Crippen LogP contribution >= 0.6 is 0 Å². The Kier molecular flexibility index (Phi) is 3.60. The lowest BCUT2D eigenvalue weighted by molar-refractivity contribution is 0.0557. The normalized spacial score (nSPS) is 28.5. The van der Waals surface area contributed by atoms with Gasteiger partial charge in [0.2, 0.25) is 5.82 Å². The Balaban J connectivity index is 1.71. The van der Waals surface area contributed by atoms with E-state index >= 15 is 0 Å². The van der Waals surface area contributed by atoms with E-state index in [9.17, 15) is 9.90 Å². The lowest BCUT2D eigenvalue weighted by Crippen LogP contribution is -2.42. The predicted octanol–water partition coefficient (Wildman–Crippen LogP) is 1.63. The molecule has 0 aliphatic carbocycles. The second kappa shape index (κ2) is 5.66. The number of fused-ring (bicyclic) bond motifs is 2. The minimum Gasteiger partial charge on any atom is -0.396 e. The first kappa shape index (κ1) is 15.3. The van der Waals surface area contributed by atoms with Gasteiger partial charge in [0.15, 0.2) is 0 Å². The number of nitrogens with zero attached hydrogens (tertiary/aromatic N) is 4. The molecule has 4 rings (SSSR count). The maximum Gasteiger partial charge on any atom is 0.255 e. The van der Waals surface area contributed by atoms with Crippen LogP contribution in [0.25, 0.3) is 11.4 Å². The van der Waals surface area contributed by atoms with Gasteiger partial charge in [-0.25, -0.2) is 0 Å². The van der Waals surface area contributed by atoms with Crippen molar-refractivity contribution in [1.82, 2.24) is 25.5 Å². The second-order valence-corrected chi connectivity index (χ2v) is 6.82. The van der Waals surface area contributed by atoms with E-state index in [2.05, 4.69) is 27.5 Å². The number of amides is 1. The predicted molar refractivity (Wildman–Crippen MR) is 87.0 cm³/mol. The van der Waals surface area contributed by atoms with Crippen LogP contribution < -0.4 is 0 Å². The fourth-order valence-corrected chi connectivity index (χ4v) is 4.54. The average Bonchev–Trinajstić information content (AvgIpc) is 3.36. The standard InChI is InChI=1S/C17H21N5O2/c1-2-17(10-23)9-11-7-8-14(17)22(11)16(24)13-6-4-3-5-12(13)15-18-20-21-19-15/h3-6,11,14,23H,2,7-10H2,1H3,(H,18,19,20,21)/t11-,14+,17-/m1/s1. The number of hydrogen-bond acceptors (Lipinski definition) is 5. The van der Waals surface area contributed by atoms with E-state index in [0.717, 1.165) is 25.7 Å². The summed E-state index contributed by atoms with van der Waals surface area (Å²) < 4.78 is 0. The van der Waals surface area contributed by atoms with Crippen molar-refractivity contribution in [3.63, 3.8) is 0 Å². The lowest BCUT2D eigenvalue weighted by Gasteiger charge is -2.34. The third kappa shape index (κ3) is 2.07. The van der Waals surface area contributed by atoms with Crippen LogP contribution in [0.3, 0.4) is 0 Å². The summed E-state index contributed by atoms with van der Waals surface area (Å²) in [7, 11) is 0. The van der Waals surface area contributed by atoms with Crippen LogP contribution in [0, 0.1) is 5.41 Å². The molecule has 2 aliphatic heterocycles. The van der Waals surface area contributed by atoms with Crippen molar-refractivity contribution in [3.05, 3.63) is 29.8 Å². The number of rotatable bonds is 4. The molecular formula is C17H21N5O2. The Labute approximate surface area is 140 Å². The molecule has 2 aliphatic rings. The molecule has 126 valence electrons. The quantitative estimate of drug-likeness (QED) is 0.890. The van der Waals surface area contributed by atoms with Gasteiger partial charge < -0.3 is 10.0 Å². The van der Waals surface area contributed by atoms with E-state index in [4.69, 9.17) is 0 Å². The number of benzene rings is 1. The summed E-state index contributed by atoms with van der Waals surface area (Å²) in [5, 5.41) is 24.0. The molecular weight excluding hydrogens is 306 g/mol. The molecule has 2 bridgehead atoms. The van der Waals surface area contributed by atoms with E-state index in [1.54, 1.807) is 0 Å². The van der Waals surface area contributed by atoms with Crippen LogP contribution in [0.4, 0.5) is 0 Å². The van der Waals surface area contributed by atoms with E-state index in [0.29, 0.717) is 17.0 Å². The summed E-state index contributed by atoms with van der Waals surface area (Å²) >= 11 is 0. The van der Waals surface area contributed by atoms with Crippen LogP contribution in [0.15, 0.2) is 24.3 Å². The van der Waals surface area contributed by atoms with E-state index in [-0.39, 0.29) is 30.0 Å². The fraction of sp³-hybridized carbons (Fsp3) is 0.529. The molecule has 7 heteroatoms. The average molecular weight is 327 g/mol. The third-order valence-electron chi connectivity index (χ3n) is 5.85. The summed E-state index contributed by atoms with van der Waals surface area (Å²) in [6.07, 6.45) is 3.76. The Morgan fingerprint density at radius 3 is 2.92 bits per heavy atom. The van der Waals surface area contributed by atoms with Gasteiger partial charge in [-0.2, -0.15) is 5.21 Å². The highest BCUT2D eigenvalue weighted by Crippen LogP contribution is 2.52.